The van der Waals surface area contributed by atoms with Gasteiger partial charge in [-0.15, -0.1) is 23.4 Å². The molecule has 154 valence electrons. The molecule has 0 saturated heterocycles. The molecule has 0 aliphatic rings. The summed E-state index contributed by atoms with van der Waals surface area (Å²) >= 11 is 8.85. The van der Waals surface area contributed by atoms with Gasteiger partial charge in [-0.05, 0) is 18.1 Å². The van der Waals surface area contributed by atoms with Crippen molar-refractivity contribution in [3.8, 4) is 0 Å². The van der Waals surface area contributed by atoms with E-state index < -0.39 is 0 Å². The van der Waals surface area contributed by atoms with E-state index >= 15 is 0 Å². The lowest BCUT2D eigenvalue weighted by molar-refractivity contribution is -0.117. The van der Waals surface area contributed by atoms with Gasteiger partial charge in [0.15, 0.2) is 5.13 Å². The fourth-order valence-corrected chi connectivity index (χ4v) is 4.41. The van der Waals surface area contributed by atoms with Gasteiger partial charge in [-0.3, -0.25) is 4.79 Å². The first-order valence-corrected chi connectivity index (χ1v) is 11.6. The zero-order valence-electron chi connectivity index (χ0n) is 16.9. The molecule has 0 saturated carbocycles. The summed E-state index contributed by atoms with van der Waals surface area (Å²) in [5, 5.41) is 3.49. The van der Waals surface area contributed by atoms with Gasteiger partial charge in [0, 0.05) is 11.3 Å². The number of carbonyl (C=O) groups is 1. The van der Waals surface area contributed by atoms with E-state index in [1.54, 1.807) is 24.2 Å². The zero-order valence-corrected chi connectivity index (χ0v) is 19.2. The Kier molecular flexibility index (Phi) is 7.03. The second-order valence-electron chi connectivity index (χ2n) is 7.73. The number of aromatic nitrogens is 2. The number of amides is 1. The maximum Gasteiger partial charge on any atom is 0.233 e. The van der Waals surface area contributed by atoms with E-state index in [0.717, 1.165) is 21.1 Å². The monoisotopic (exact) mass is 449 g/mol. The van der Waals surface area contributed by atoms with Gasteiger partial charge in [-0.2, -0.15) is 0 Å². The standard InChI is InChI=1S/C21H24ClN3O2S2/c1-13(15-7-5-14(9-22)6-8-15)19(26)25-20-24-11-18(29-20)28-12-17-23-10-16(27-17)21(2,3)4/h5-8,10-11,13H,9,12H2,1-4H3,(H,24,25,26)/t13-/m0/s1. The molecule has 5 nitrogen and oxygen atoms in total. The van der Waals surface area contributed by atoms with Crippen LogP contribution in [0, 0.1) is 0 Å². The fourth-order valence-electron chi connectivity index (χ4n) is 2.50. The van der Waals surface area contributed by atoms with Crippen LogP contribution in [0.4, 0.5) is 5.13 Å². The zero-order chi connectivity index (χ0) is 21.0. The Morgan fingerprint density at radius 2 is 1.97 bits per heavy atom. The van der Waals surface area contributed by atoms with E-state index in [2.05, 4.69) is 36.1 Å². The van der Waals surface area contributed by atoms with Crippen LogP contribution in [0.2, 0.25) is 0 Å². The lowest BCUT2D eigenvalue weighted by atomic mass is 9.94. The number of anilines is 1. The van der Waals surface area contributed by atoms with E-state index in [4.69, 9.17) is 16.0 Å². The normalized spacial score (nSPS) is 12.7. The number of hydrogen-bond acceptors (Lipinski definition) is 6. The number of nitrogens with zero attached hydrogens (tertiary/aromatic N) is 2. The van der Waals surface area contributed by atoms with Crippen LogP contribution in [-0.4, -0.2) is 15.9 Å². The number of halogens is 1. The highest BCUT2D eigenvalue weighted by Gasteiger charge is 2.20. The highest BCUT2D eigenvalue weighted by molar-refractivity contribution is 8.00. The molecule has 1 aromatic carbocycles. The summed E-state index contributed by atoms with van der Waals surface area (Å²) in [5.74, 6) is 2.28. The van der Waals surface area contributed by atoms with Crippen molar-refractivity contribution in [3.05, 3.63) is 59.4 Å². The van der Waals surface area contributed by atoms with Crippen LogP contribution < -0.4 is 5.32 Å². The first kappa shape index (κ1) is 21.9. The number of oxazole rings is 1. The van der Waals surface area contributed by atoms with Crippen LogP contribution in [-0.2, 0) is 21.8 Å². The van der Waals surface area contributed by atoms with Gasteiger partial charge in [0.25, 0.3) is 0 Å². The third-order valence-corrected chi connectivity index (χ3v) is 6.77. The fraction of sp³-hybridized carbons (Fsp3) is 0.381. The Morgan fingerprint density at radius 3 is 2.59 bits per heavy atom. The molecular weight excluding hydrogens is 426 g/mol. The van der Waals surface area contributed by atoms with Crippen LogP contribution >= 0.6 is 34.7 Å². The first-order valence-electron chi connectivity index (χ1n) is 9.25. The van der Waals surface area contributed by atoms with Crippen LogP contribution in [0.15, 0.2) is 45.3 Å². The summed E-state index contributed by atoms with van der Waals surface area (Å²) in [6, 6.07) is 7.76. The summed E-state index contributed by atoms with van der Waals surface area (Å²) < 4.78 is 6.81. The summed E-state index contributed by atoms with van der Waals surface area (Å²) in [6.45, 7) is 8.16. The van der Waals surface area contributed by atoms with Gasteiger partial charge in [-0.1, -0.05) is 56.4 Å². The van der Waals surface area contributed by atoms with Crippen molar-refractivity contribution in [2.24, 2.45) is 0 Å². The predicted molar refractivity (Wildman–Crippen MR) is 120 cm³/mol. The SMILES string of the molecule is C[C@H](C(=O)Nc1ncc(SCc2ncc(C(C)(C)C)o2)s1)c1ccc(CCl)cc1. The van der Waals surface area contributed by atoms with E-state index in [-0.39, 0.29) is 17.2 Å². The summed E-state index contributed by atoms with van der Waals surface area (Å²) in [6.07, 6.45) is 3.55. The lowest BCUT2D eigenvalue weighted by Gasteiger charge is -2.12. The molecule has 2 heterocycles. The molecule has 0 radical (unpaired) electrons. The van der Waals surface area contributed by atoms with Gasteiger partial charge in [0.05, 0.1) is 28.3 Å². The second-order valence-corrected chi connectivity index (χ2v) is 10.3. The predicted octanol–water partition coefficient (Wildman–Crippen LogP) is 6.20. The van der Waals surface area contributed by atoms with Crippen molar-refractivity contribution in [2.45, 2.75) is 54.9 Å². The smallest absolute Gasteiger partial charge is 0.233 e. The molecule has 29 heavy (non-hydrogen) atoms. The maximum atomic E-state index is 12.6. The van der Waals surface area contributed by atoms with Crippen molar-refractivity contribution < 1.29 is 9.21 Å². The van der Waals surface area contributed by atoms with Gasteiger partial charge in [-0.25, -0.2) is 9.97 Å². The minimum atomic E-state index is -0.275. The number of thioether (sulfide) groups is 1. The number of hydrogen-bond donors (Lipinski definition) is 1. The molecular formula is C21H24ClN3O2S2. The van der Waals surface area contributed by atoms with Crippen LogP contribution in [0.25, 0.3) is 0 Å². The highest BCUT2D eigenvalue weighted by atomic mass is 35.5. The average Bonchev–Trinajstić information content (AvgIpc) is 3.35. The maximum absolute atomic E-state index is 12.6. The van der Waals surface area contributed by atoms with E-state index in [1.165, 1.54) is 11.3 Å². The number of benzene rings is 1. The van der Waals surface area contributed by atoms with Crippen LogP contribution in [0.3, 0.4) is 0 Å². The van der Waals surface area contributed by atoms with Crippen LogP contribution in [0.5, 0.6) is 0 Å². The van der Waals surface area contributed by atoms with Crippen molar-refractivity contribution in [1.29, 1.82) is 0 Å². The number of thiazole rings is 1. The molecule has 0 unspecified atom stereocenters. The molecule has 0 fully saturated rings. The Morgan fingerprint density at radius 1 is 1.24 bits per heavy atom. The number of nitrogens with one attached hydrogen (secondary N) is 1. The summed E-state index contributed by atoms with van der Waals surface area (Å²) in [5.41, 5.74) is 1.92. The van der Waals surface area contributed by atoms with Crippen molar-refractivity contribution in [1.82, 2.24) is 9.97 Å². The molecule has 1 atom stereocenters. The first-order chi connectivity index (χ1) is 13.8. The molecule has 0 spiro atoms. The molecule has 8 heteroatoms. The van der Waals surface area contributed by atoms with Crippen molar-refractivity contribution in [2.75, 3.05) is 5.32 Å². The second kappa shape index (κ2) is 9.32. The largest absolute Gasteiger partial charge is 0.444 e. The lowest BCUT2D eigenvalue weighted by Crippen LogP contribution is -2.18. The van der Waals surface area contributed by atoms with Gasteiger partial charge in [0.1, 0.15) is 5.76 Å². The molecule has 0 bridgehead atoms. The topological polar surface area (TPSA) is 68.0 Å². The summed E-state index contributed by atoms with van der Waals surface area (Å²) in [4.78, 5) is 21.2. The van der Waals surface area contributed by atoms with Crippen molar-refractivity contribution >= 4 is 45.7 Å². The molecule has 3 rings (SSSR count). The molecule has 3 aromatic rings. The average molecular weight is 450 g/mol. The molecule has 2 aromatic heterocycles. The van der Waals surface area contributed by atoms with Gasteiger partial charge in [0.2, 0.25) is 11.8 Å². The number of rotatable bonds is 7. The molecule has 0 aliphatic heterocycles. The number of carbonyl (C=O) groups excluding carboxylic acids is 1. The van der Waals surface area contributed by atoms with Gasteiger partial charge >= 0.3 is 0 Å². The summed E-state index contributed by atoms with van der Waals surface area (Å²) in [7, 11) is 0. The van der Waals surface area contributed by atoms with Crippen molar-refractivity contribution in [3.63, 3.8) is 0 Å². The Labute approximate surface area is 184 Å². The Bertz CT molecular complexity index is 961. The van der Waals surface area contributed by atoms with E-state index in [0.29, 0.717) is 22.7 Å². The third kappa shape index (κ3) is 5.84. The molecule has 1 N–H and O–H groups in total. The number of alkyl halides is 1. The quantitative estimate of drug-likeness (QED) is 0.343. The minimum Gasteiger partial charge on any atom is -0.444 e. The van der Waals surface area contributed by atoms with Crippen LogP contribution in [0.1, 0.15) is 56.4 Å². The van der Waals surface area contributed by atoms with E-state index in [1.807, 2.05) is 31.2 Å². The van der Waals surface area contributed by atoms with E-state index in [9.17, 15) is 4.79 Å². The molecule has 1 amide bonds. The highest BCUT2D eigenvalue weighted by Crippen LogP contribution is 2.32. The minimum absolute atomic E-state index is 0.0567. The third-order valence-electron chi connectivity index (χ3n) is 4.37. The van der Waals surface area contributed by atoms with Gasteiger partial charge < -0.3 is 9.73 Å². The Balaban J connectivity index is 1.55. The Hall–Kier alpha value is -1.83. The molecule has 0 aliphatic carbocycles.